The van der Waals surface area contributed by atoms with Gasteiger partial charge in [0.1, 0.15) is 0 Å². The van der Waals surface area contributed by atoms with Crippen LogP contribution >= 0.6 is 0 Å². The number of nitriles is 2. The van der Waals surface area contributed by atoms with E-state index in [1.165, 1.54) is 5.56 Å². The zero-order valence-electron chi connectivity index (χ0n) is 22.9. The summed E-state index contributed by atoms with van der Waals surface area (Å²) in [4.78, 5) is 0. The highest BCUT2D eigenvalue weighted by atomic mass is 15.0. The minimum absolute atomic E-state index is 0.00501. The lowest BCUT2D eigenvalue weighted by Crippen LogP contribution is -2.19. The molecule has 0 aliphatic heterocycles. The predicted molar refractivity (Wildman–Crippen MR) is 162 cm³/mol. The van der Waals surface area contributed by atoms with Crippen molar-refractivity contribution in [3.05, 3.63) is 125 Å². The Morgan fingerprint density at radius 1 is 0.975 bits per heavy atom. The van der Waals surface area contributed by atoms with Gasteiger partial charge in [-0.15, -0.1) is 0 Å². The van der Waals surface area contributed by atoms with Gasteiger partial charge in [0.2, 0.25) is 0 Å². The molecule has 0 fully saturated rings. The lowest BCUT2D eigenvalue weighted by molar-refractivity contribution is 0.595. The molecule has 0 spiro atoms. The number of aromatic nitrogens is 1. The summed E-state index contributed by atoms with van der Waals surface area (Å²) >= 11 is 0. The van der Waals surface area contributed by atoms with Crippen LogP contribution < -0.4 is 0 Å². The van der Waals surface area contributed by atoms with Crippen LogP contribution in [-0.4, -0.2) is 4.57 Å². The van der Waals surface area contributed by atoms with E-state index in [0.717, 1.165) is 51.5 Å². The van der Waals surface area contributed by atoms with Crippen molar-refractivity contribution in [3.63, 3.8) is 0 Å². The monoisotopic (exact) mass is 517 g/mol. The fourth-order valence-electron chi connectivity index (χ4n) is 6.62. The first-order valence-corrected chi connectivity index (χ1v) is 14.2. The average molecular weight is 518 g/mol. The third kappa shape index (κ3) is 4.24. The van der Waals surface area contributed by atoms with Crippen LogP contribution in [0.3, 0.4) is 0 Å². The Morgan fingerprint density at radius 3 is 2.33 bits per heavy atom. The summed E-state index contributed by atoms with van der Waals surface area (Å²) in [6, 6.07) is 32.5. The largest absolute Gasteiger partial charge is 0.312 e. The standard InChI is InChI=1S/C37H31N3/c1-3-12-29(31-16-7-6-15-30(31)28-14-5-4-13-25(28)2)34-21-27(24-39)37(22-26(34)23-38)40-35-19-10-8-17-32(35)33-18-9-11-20-36(33)40/h4-6,8-11,13-15,17-20,22,25,27-29H,3,12,21H2,1-2H3/t25?,27-,28?,29?/m1/s1. The summed E-state index contributed by atoms with van der Waals surface area (Å²) in [6.07, 6.45) is 13.1. The first-order chi connectivity index (χ1) is 19.7. The van der Waals surface area contributed by atoms with Crippen molar-refractivity contribution < 1.29 is 0 Å². The van der Waals surface area contributed by atoms with E-state index in [0.29, 0.717) is 17.9 Å². The molecular weight excluding hydrogens is 486 g/mol. The Bertz CT molecular complexity index is 1740. The molecular formula is C37H31N3. The van der Waals surface area contributed by atoms with Gasteiger partial charge in [0.05, 0.1) is 34.7 Å². The van der Waals surface area contributed by atoms with Crippen LogP contribution in [0.1, 0.15) is 56.1 Å². The van der Waals surface area contributed by atoms with Crippen molar-refractivity contribution in [2.24, 2.45) is 11.8 Å². The van der Waals surface area contributed by atoms with E-state index in [1.807, 2.05) is 36.4 Å². The zero-order valence-corrected chi connectivity index (χ0v) is 22.9. The molecule has 3 unspecified atom stereocenters. The van der Waals surface area contributed by atoms with Gasteiger partial charge in [-0.1, -0.05) is 93.1 Å². The fourth-order valence-corrected chi connectivity index (χ4v) is 6.62. The normalized spacial score (nSPS) is 21.1. The summed E-state index contributed by atoms with van der Waals surface area (Å²) < 4.78 is 2.19. The number of rotatable bonds is 6. The molecule has 2 aliphatic rings. The SMILES string of the molecule is CCCC(C1=C(C#N)C=C(n2c3ccccc3c3ccccc32)[C@@H](C#N)C1)c1c#cccc1C1C=CC=CC1C. The summed E-state index contributed by atoms with van der Waals surface area (Å²) in [6.45, 7) is 4.43. The second kappa shape index (κ2) is 10.8. The van der Waals surface area contributed by atoms with Crippen LogP contribution in [0.5, 0.6) is 0 Å². The van der Waals surface area contributed by atoms with Crippen LogP contribution in [0.15, 0.2) is 102 Å². The molecule has 1 aromatic heterocycles. The molecule has 0 N–H and O–H groups in total. The Morgan fingerprint density at radius 2 is 1.68 bits per heavy atom. The van der Waals surface area contributed by atoms with E-state index < -0.39 is 0 Å². The summed E-state index contributed by atoms with van der Waals surface area (Å²) in [5.41, 5.74) is 7.03. The molecule has 3 heteroatoms. The molecule has 1 heterocycles. The van der Waals surface area contributed by atoms with E-state index in [4.69, 9.17) is 0 Å². The molecule has 0 saturated carbocycles. The molecule has 0 radical (unpaired) electrons. The van der Waals surface area contributed by atoms with Crippen molar-refractivity contribution in [3.8, 4) is 12.1 Å². The topological polar surface area (TPSA) is 52.5 Å². The van der Waals surface area contributed by atoms with Gasteiger partial charge in [-0.3, -0.25) is 0 Å². The molecule has 40 heavy (non-hydrogen) atoms. The van der Waals surface area contributed by atoms with Crippen LogP contribution in [0, 0.1) is 46.6 Å². The second-order valence-corrected chi connectivity index (χ2v) is 10.8. The molecule has 194 valence electrons. The Hall–Kier alpha value is -4.78. The summed E-state index contributed by atoms with van der Waals surface area (Å²) in [7, 11) is 0. The fraction of sp³-hybridized carbons (Fsp3) is 0.243. The lowest BCUT2D eigenvalue weighted by Gasteiger charge is -2.31. The quantitative estimate of drug-likeness (QED) is 0.256. The van der Waals surface area contributed by atoms with Crippen LogP contribution in [0.2, 0.25) is 0 Å². The zero-order chi connectivity index (χ0) is 27.6. The third-order valence-corrected chi connectivity index (χ3v) is 8.51. The van der Waals surface area contributed by atoms with Gasteiger partial charge < -0.3 is 4.57 Å². The van der Waals surface area contributed by atoms with Gasteiger partial charge >= 0.3 is 0 Å². The van der Waals surface area contributed by atoms with E-state index in [1.54, 1.807) is 0 Å². The molecule has 0 saturated heterocycles. The Balaban J connectivity index is 1.54. The van der Waals surface area contributed by atoms with Crippen LogP contribution in [0.4, 0.5) is 0 Å². The second-order valence-electron chi connectivity index (χ2n) is 10.8. The molecule has 6 rings (SSSR count). The molecule has 0 bridgehead atoms. The average Bonchev–Trinajstić information content (AvgIpc) is 3.34. The van der Waals surface area contributed by atoms with Crippen molar-refractivity contribution in [1.29, 1.82) is 10.5 Å². The van der Waals surface area contributed by atoms with Gasteiger partial charge in [0.15, 0.2) is 0 Å². The minimum Gasteiger partial charge on any atom is -0.312 e. The number of para-hydroxylation sites is 2. The van der Waals surface area contributed by atoms with Crippen molar-refractivity contribution in [1.82, 2.24) is 4.57 Å². The van der Waals surface area contributed by atoms with Crippen molar-refractivity contribution in [2.45, 2.75) is 44.9 Å². The Kier molecular flexibility index (Phi) is 6.86. The number of benzene rings is 2. The van der Waals surface area contributed by atoms with E-state index in [9.17, 15) is 10.5 Å². The van der Waals surface area contributed by atoms with Crippen molar-refractivity contribution >= 4 is 27.5 Å². The molecule has 3 aromatic carbocycles. The number of nitrogens with zero attached hydrogens (tertiary/aromatic N) is 3. The first-order valence-electron chi connectivity index (χ1n) is 14.2. The summed E-state index contributed by atoms with van der Waals surface area (Å²) in [5.74, 6) is 0.241. The highest BCUT2D eigenvalue weighted by Crippen LogP contribution is 2.45. The number of fused-ring (bicyclic) bond motifs is 3. The number of hydrogen-bond acceptors (Lipinski definition) is 2. The first kappa shape index (κ1) is 25.5. The van der Waals surface area contributed by atoms with Gasteiger partial charge in [0, 0.05) is 33.9 Å². The number of allylic oxidation sites excluding steroid dienone is 8. The van der Waals surface area contributed by atoms with Crippen LogP contribution in [0.25, 0.3) is 27.5 Å². The third-order valence-electron chi connectivity index (χ3n) is 8.51. The van der Waals surface area contributed by atoms with Crippen molar-refractivity contribution in [2.75, 3.05) is 0 Å². The highest BCUT2D eigenvalue weighted by molar-refractivity contribution is 6.10. The molecule has 0 amide bonds. The molecule has 4 atom stereocenters. The minimum atomic E-state index is -0.377. The molecule has 4 aromatic rings. The van der Waals surface area contributed by atoms with Gasteiger partial charge in [-0.05, 0) is 60.2 Å². The maximum absolute atomic E-state index is 10.5. The smallest absolute Gasteiger partial charge is 0.0992 e. The number of hydrogen-bond donors (Lipinski definition) is 0. The molecule has 3 nitrogen and oxygen atoms in total. The maximum atomic E-state index is 10.5. The van der Waals surface area contributed by atoms with E-state index in [-0.39, 0.29) is 17.8 Å². The van der Waals surface area contributed by atoms with Gasteiger partial charge in [0.25, 0.3) is 0 Å². The van der Waals surface area contributed by atoms with Gasteiger partial charge in [-0.25, -0.2) is 0 Å². The van der Waals surface area contributed by atoms with Crippen LogP contribution in [-0.2, 0) is 0 Å². The maximum Gasteiger partial charge on any atom is 0.0992 e. The predicted octanol–water partition coefficient (Wildman–Crippen LogP) is 9.03. The highest BCUT2D eigenvalue weighted by Gasteiger charge is 2.33. The Labute approximate surface area is 236 Å². The van der Waals surface area contributed by atoms with Gasteiger partial charge in [-0.2, -0.15) is 10.5 Å². The van der Waals surface area contributed by atoms with E-state index >= 15 is 0 Å². The lowest BCUT2D eigenvalue weighted by atomic mass is 9.73. The summed E-state index contributed by atoms with van der Waals surface area (Å²) in [5, 5.41) is 23.3. The molecule has 2 aliphatic carbocycles. The van der Waals surface area contributed by atoms with E-state index in [2.05, 4.69) is 97.3 Å².